The van der Waals surface area contributed by atoms with Gasteiger partial charge >= 0.3 is 5.97 Å². The first kappa shape index (κ1) is 22.3. The number of H-pyrrole nitrogens is 1. The lowest BCUT2D eigenvalue weighted by Gasteiger charge is -2.19. The molecule has 2 aliphatic rings. The molecule has 33 heavy (non-hydrogen) atoms. The van der Waals surface area contributed by atoms with E-state index in [0.29, 0.717) is 39.6 Å². The Kier molecular flexibility index (Phi) is 5.68. The lowest BCUT2D eigenvalue weighted by molar-refractivity contribution is 0.0473. The van der Waals surface area contributed by atoms with Gasteiger partial charge in [0, 0.05) is 10.9 Å². The molecule has 5 rings (SSSR count). The van der Waals surface area contributed by atoms with Crippen molar-refractivity contribution in [1.82, 2.24) is 14.8 Å². The smallest absolute Gasteiger partial charge is 0.348 e. The molecule has 0 bridgehead atoms. The van der Waals surface area contributed by atoms with E-state index in [1.54, 1.807) is 11.6 Å². The Morgan fingerprint density at radius 3 is 2.88 bits per heavy atom. The highest BCUT2D eigenvalue weighted by Crippen LogP contribution is 2.34. The van der Waals surface area contributed by atoms with E-state index in [1.807, 2.05) is 6.07 Å². The quantitative estimate of drug-likeness (QED) is 0.551. The van der Waals surface area contributed by atoms with Crippen molar-refractivity contribution in [2.45, 2.75) is 58.6 Å². The van der Waals surface area contributed by atoms with Crippen LogP contribution in [0, 0.1) is 12.8 Å². The van der Waals surface area contributed by atoms with E-state index in [-0.39, 0.29) is 29.6 Å². The minimum Gasteiger partial charge on any atom is -0.455 e. The summed E-state index contributed by atoms with van der Waals surface area (Å²) >= 11 is 1.50. The highest BCUT2D eigenvalue weighted by Gasteiger charge is 2.31. The molecule has 3 aromatic rings. The standard InChI is InChI=1S/C23H27N3O5S2/c1-3-14-4-5-19-15(8-14)9-20(32-19)23(28)31-11-16-10-18(27)21-13(2)25-26(22(21)24-16)17-6-7-33(29,30)12-17/h9-10,14,17H,3-8,11-12H2,1-2H3,(H,24,27)/t14-,17-/m0/s1. The summed E-state index contributed by atoms with van der Waals surface area (Å²) in [5.41, 5.74) is 2.51. The number of aromatic nitrogens is 3. The second-order valence-electron chi connectivity index (χ2n) is 9.12. The fraction of sp³-hybridized carbons (Fsp3) is 0.522. The number of rotatable bonds is 5. The summed E-state index contributed by atoms with van der Waals surface area (Å²) < 4.78 is 31.0. The Morgan fingerprint density at radius 1 is 1.33 bits per heavy atom. The topological polar surface area (TPSA) is 111 Å². The third kappa shape index (κ3) is 4.26. The van der Waals surface area contributed by atoms with Crippen molar-refractivity contribution in [3.63, 3.8) is 0 Å². The van der Waals surface area contributed by atoms with Crippen molar-refractivity contribution < 1.29 is 17.9 Å². The maximum Gasteiger partial charge on any atom is 0.348 e. The molecule has 1 aliphatic carbocycles. The average Bonchev–Trinajstić information content (AvgIpc) is 3.46. The number of ether oxygens (including phenoxy) is 1. The summed E-state index contributed by atoms with van der Waals surface area (Å²) in [6, 6.07) is 3.06. The van der Waals surface area contributed by atoms with Gasteiger partial charge in [-0.3, -0.25) is 4.79 Å². The van der Waals surface area contributed by atoms with Gasteiger partial charge < -0.3 is 9.72 Å². The molecule has 0 unspecified atom stereocenters. The van der Waals surface area contributed by atoms with Gasteiger partial charge in [0.05, 0.1) is 34.3 Å². The number of aromatic amines is 1. The van der Waals surface area contributed by atoms with E-state index >= 15 is 0 Å². The van der Waals surface area contributed by atoms with Gasteiger partial charge in [-0.1, -0.05) is 13.3 Å². The van der Waals surface area contributed by atoms with Gasteiger partial charge in [0.2, 0.25) is 0 Å². The lowest BCUT2D eigenvalue weighted by Crippen LogP contribution is -2.15. The van der Waals surface area contributed by atoms with E-state index < -0.39 is 15.8 Å². The van der Waals surface area contributed by atoms with Crippen LogP contribution < -0.4 is 5.43 Å². The van der Waals surface area contributed by atoms with E-state index in [0.717, 1.165) is 25.7 Å². The van der Waals surface area contributed by atoms with Crippen LogP contribution in [0.1, 0.15) is 63.7 Å². The molecule has 1 N–H and O–H groups in total. The van der Waals surface area contributed by atoms with Crippen LogP contribution in [0.25, 0.3) is 11.0 Å². The van der Waals surface area contributed by atoms with Crippen LogP contribution in [-0.4, -0.2) is 40.7 Å². The first-order chi connectivity index (χ1) is 15.7. The molecule has 176 valence electrons. The Morgan fingerprint density at radius 2 is 2.15 bits per heavy atom. The monoisotopic (exact) mass is 489 g/mol. The fourth-order valence-electron chi connectivity index (χ4n) is 4.95. The van der Waals surface area contributed by atoms with Crippen LogP contribution in [-0.2, 0) is 34.0 Å². The highest BCUT2D eigenvalue weighted by molar-refractivity contribution is 7.91. The summed E-state index contributed by atoms with van der Waals surface area (Å²) in [5.74, 6) is 0.404. The minimum absolute atomic E-state index is 0.00635. The van der Waals surface area contributed by atoms with E-state index in [4.69, 9.17) is 4.74 Å². The number of hydrogen-bond donors (Lipinski definition) is 1. The normalized spacial score (nSPS) is 21.9. The van der Waals surface area contributed by atoms with Crippen molar-refractivity contribution in [2.24, 2.45) is 5.92 Å². The van der Waals surface area contributed by atoms with Gasteiger partial charge in [0.1, 0.15) is 17.1 Å². The van der Waals surface area contributed by atoms with Crippen LogP contribution in [0.2, 0.25) is 0 Å². The van der Waals surface area contributed by atoms with Gasteiger partial charge in [-0.15, -0.1) is 11.3 Å². The van der Waals surface area contributed by atoms with E-state index in [9.17, 15) is 18.0 Å². The van der Waals surface area contributed by atoms with Crippen molar-refractivity contribution in [3.05, 3.63) is 49.1 Å². The Bertz CT molecular complexity index is 1400. The van der Waals surface area contributed by atoms with Gasteiger partial charge in [0.25, 0.3) is 0 Å². The summed E-state index contributed by atoms with van der Waals surface area (Å²) in [6.07, 6.45) is 4.79. The molecule has 0 spiro atoms. The van der Waals surface area contributed by atoms with Gasteiger partial charge in [-0.2, -0.15) is 5.10 Å². The zero-order valence-corrected chi connectivity index (χ0v) is 20.4. The van der Waals surface area contributed by atoms with Crippen LogP contribution in [0.4, 0.5) is 0 Å². The summed E-state index contributed by atoms with van der Waals surface area (Å²) in [4.78, 5) is 30.5. The summed E-state index contributed by atoms with van der Waals surface area (Å²) in [6.45, 7) is 3.87. The molecule has 0 amide bonds. The number of esters is 1. The Labute approximate surface area is 195 Å². The van der Waals surface area contributed by atoms with Crippen molar-refractivity contribution in [1.29, 1.82) is 0 Å². The molecule has 10 heteroatoms. The zero-order valence-electron chi connectivity index (χ0n) is 18.7. The number of pyridine rings is 1. The predicted molar refractivity (Wildman–Crippen MR) is 127 cm³/mol. The molecule has 0 aromatic carbocycles. The largest absolute Gasteiger partial charge is 0.455 e. The molecule has 4 heterocycles. The number of carbonyl (C=O) groups is 1. The van der Waals surface area contributed by atoms with Crippen molar-refractivity contribution >= 4 is 38.2 Å². The number of fused-ring (bicyclic) bond motifs is 2. The number of sulfone groups is 1. The number of hydrogen-bond acceptors (Lipinski definition) is 7. The molecule has 2 atom stereocenters. The number of nitrogens with zero attached hydrogens (tertiary/aromatic N) is 2. The van der Waals surface area contributed by atoms with Crippen molar-refractivity contribution in [3.8, 4) is 0 Å². The lowest BCUT2D eigenvalue weighted by atomic mass is 9.87. The maximum absolute atomic E-state index is 12.8. The second kappa shape index (κ2) is 8.39. The SMILES string of the molecule is CC[C@H]1CCc2sc(C(=O)OCc3cc(=O)c4c(C)nn([C@H]5CCS(=O)(=O)C5)c4[nH]3)cc2C1. The van der Waals surface area contributed by atoms with Crippen LogP contribution in [0.5, 0.6) is 0 Å². The molecule has 0 saturated carbocycles. The van der Waals surface area contributed by atoms with Gasteiger partial charge in [-0.25, -0.2) is 17.9 Å². The van der Waals surface area contributed by atoms with Crippen molar-refractivity contribution in [2.75, 3.05) is 11.5 Å². The number of thiophene rings is 1. The predicted octanol–water partition coefficient (Wildman–Crippen LogP) is 3.33. The zero-order chi connectivity index (χ0) is 23.3. The summed E-state index contributed by atoms with van der Waals surface area (Å²) in [7, 11) is -3.10. The Hall–Kier alpha value is -2.46. The van der Waals surface area contributed by atoms with E-state index in [2.05, 4.69) is 17.0 Å². The number of aryl methyl sites for hydroxylation is 2. The van der Waals surface area contributed by atoms with E-state index in [1.165, 1.54) is 27.8 Å². The first-order valence-electron chi connectivity index (χ1n) is 11.3. The molecular formula is C23H27N3O5S2. The molecule has 0 radical (unpaired) electrons. The molecule has 3 aromatic heterocycles. The average molecular weight is 490 g/mol. The van der Waals surface area contributed by atoms with Crippen LogP contribution >= 0.6 is 11.3 Å². The first-order valence-corrected chi connectivity index (χ1v) is 14.0. The number of carbonyl (C=O) groups excluding carboxylic acids is 1. The maximum atomic E-state index is 12.8. The fourth-order valence-corrected chi connectivity index (χ4v) is 7.75. The van der Waals surface area contributed by atoms with Crippen LogP contribution in [0.15, 0.2) is 16.9 Å². The van der Waals surface area contributed by atoms with Gasteiger partial charge in [-0.05, 0) is 50.2 Å². The number of nitrogens with one attached hydrogen (secondary N) is 1. The third-order valence-corrected chi connectivity index (χ3v) is 9.76. The highest BCUT2D eigenvalue weighted by atomic mass is 32.2. The third-order valence-electron chi connectivity index (χ3n) is 6.79. The van der Waals surface area contributed by atoms with Crippen LogP contribution in [0.3, 0.4) is 0 Å². The second-order valence-corrected chi connectivity index (χ2v) is 12.5. The molecule has 1 aliphatic heterocycles. The Balaban J connectivity index is 1.37. The molecule has 8 nitrogen and oxygen atoms in total. The summed E-state index contributed by atoms with van der Waals surface area (Å²) in [5, 5.41) is 4.88. The minimum atomic E-state index is -3.10. The molecular weight excluding hydrogens is 462 g/mol. The molecule has 1 saturated heterocycles. The van der Waals surface area contributed by atoms with Gasteiger partial charge in [0.15, 0.2) is 15.3 Å². The molecule has 1 fully saturated rings.